The van der Waals surface area contributed by atoms with Crippen LogP contribution in [-0.4, -0.2) is 20.4 Å². The quantitative estimate of drug-likeness (QED) is 0.523. The van der Waals surface area contributed by atoms with Crippen molar-refractivity contribution in [3.63, 3.8) is 0 Å². The number of alkyl halides is 1. The zero-order valence-corrected chi connectivity index (χ0v) is 8.09. The first-order valence-corrected chi connectivity index (χ1v) is 4.68. The summed E-state index contributed by atoms with van der Waals surface area (Å²) in [6.07, 6.45) is 2.71. The maximum absolute atomic E-state index is 9.69. The van der Waals surface area contributed by atoms with Crippen LogP contribution in [0.5, 0.6) is 0 Å². The van der Waals surface area contributed by atoms with Gasteiger partial charge in [-0.2, -0.15) is 0 Å². The van der Waals surface area contributed by atoms with Crippen molar-refractivity contribution in [3.05, 3.63) is 0 Å². The Balaban J connectivity index is 2.13. The average molecular weight is 254 g/mol. The van der Waals surface area contributed by atoms with Crippen LogP contribution in [-0.2, 0) is 4.74 Å². The van der Waals surface area contributed by atoms with Gasteiger partial charge < -0.3 is 9.84 Å². The molecule has 10 heavy (non-hydrogen) atoms. The molecule has 2 nitrogen and oxygen atoms in total. The fraction of sp³-hybridized carbons (Fsp3) is 1.00. The summed E-state index contributed by atoms with van der Waals surface area (Å²) in [5.74, 6) is 0. The van der Waals surface area contributed by atoms with Crippen molar-refractivity contribution in [2.45, 2.75) is 41.5 Å². The molecule has 1 aliphatic carbocycles. The molecule has 2 bridgehead atoms. The molecule has 1 atom stereocenters. The molecule has 1 N–H and O–H groups in total. The molecular formula is C7H11IO2. The number of fused-ring (bicyclic) bond motifs is 2. The molecule has 0 aromatic rings. The second-order valence-corrected chi connectivity index (χ2v) is 5.56. The zero-order valence-electron chi connectivity index (χ0n) is 5.93. The van der Waals surface area contributed by atoms with E-state index in [1.165, 1.54) is 0 Å². The van der Waals surface area contributed by atoms with E-state index in [0.29, 0.717) is 0 Å². The molecule has 3 heteroatoms. The van der Waals surface area contributed by atoms with Crippen LogP contribution in [0.1, 0.15) is 26.2 Å². The Morgan fingerprint density at radius 3 is 2.60 bits per heavy atom. The highest BCUT2D eigenvalue weighted by Gasteiger charge is 2.58. The third-order valence-electron chi connectivity index (χ3n) is 2.27. The van der Waals surface area contributed by atoms with E-state index in [9.17, 15) is 5.11 Å². The highest BCUT2D eigenvalue weighted by Crippen LogP contribution is 2.55. The van der Waals surface area contributed by atoms with E-state index >= 15 is 0 Å². The lowest BCUT2D eigenvalue weighted by atomic mass is 9.71. The third kappa shape index (κ3) is 0.987. The van der Waals surface area contributed by atoms with Crippen molar-refractivity contribution in [2.24, 2.45) is 0 Å². The molecule has 2 aliphatic heterocycles. The molecule has 3 rings (SSSR count). The van der Waals surface area contributed by atoms with Crippen LogP contribution < -0.4 is 0 Å². The van der Waals surface area contributed by atoms with Gasteiger partial charge in [-0.3, -0.25) is 0 Å². The van der Waals surface area contributed by atoms with E-state index < -0.39 is 0 Å². The van der Waals surface area contributed by atoms with E-state index in [0.717, 1.165) is 19.3 Å². The van der Waals surface area contributed by atoms with E-state index in [1.807, 2.05) is 6.92 Å². The summed E-state index contributed by atoms with van der Waals surface area (Å²) in [6, 6.07) is 0. The number of rotatable bonds is 0. The predicted octanol–water partition coefficient (Wildman–Crippen LogP) is 1.45. The molecule has 1 unspecified atom stereocenters. The highest BCUT2D eigenvalue weighted by atomic mass is 127. The lowest BCUT2D eigenvalue weighted by molar-refractivity contribution is -0.232. The lowest BCUT2D eigenvalue weighted by Gasteiger charge is -2.56. The molecule has 2 heterocycles. The fourth-order valence-electron chi connectivity index (χ4n) is 2.10. The predicted molar refractivity (Wildman–Crippen MR) is 46.1 cm³/mol. The van der Waals surface area contributed by atoms with Gasteiger partial charge in [-0.05, 0) is 29.5 Å². The van der Waals surface area contributed by atoms with Crippen LogP contribution >= 0.6 is 22.6 Å². The summed E-state index contributed by atoms with van der Waals surface area (Å²) in [7, 11) is 0. The molecular weight excluding hydrogens is 243 g/mol. The van der Waals surface area contributed by atoms with E-state index in [1.54, 1.807) is 0 Å². The molecule has 0 amide bonds. The largest absolute Gasteiger partial charge is 0.390 e. The first kappa shape index (κ1) is 7.31. The summed E-state index contributed by atoms with van der Waals surface area (Å²) in [5.41, 5.74) is -0.376. The number of ether oxygens (including phenoxy) is 1. The summed E-state index contributed by atoms with van der Waals surface area (Å²) in [6.45, 7) is 2.02. The third-order valence-corrected chi connectivity index (χ3v) is 3.28. The summed E-state index contributed by atoms with van der Waals surface area (Å²) < 4.78 is 5.61. The van der Waals surface area contributed by atoms with Gasteiger partial charge in [-0.25, -0.2) is 0 Å². The van der Waals surface area contributed by atoms with Crippen molar-refractivity contribution < 1.29 is 9.84 Å². The van der Waals surface area contributed by atoms with Crippen LogP contribution in [0.3, 0.4) is 0 Å². The van der Waals surface area contributed by atoms with Crippen LogP contribution in [0.25, 0.3) is 0 Å². The molecule has 1 saturated carbocycles. The maximum atomic E-state index is 9.69. The Hall–Kier alpha value is 0.650. The Morgan fingerprint density at radius 2 is 2.20 bits per heavy atom. The molecule has 3 fully saturated rings. The highest BCUT2D eigenvalue weighted by molar-refractivity contribution is 14.1. The average Bonchev–Trinajstić information content (AvgIpc) is 1.53. The topological polar surface area (TPSA) is 29.5 Å². The maximum Gasteiger partial charge on any atom is 0.125 e. The number of halogens is 1. The zero-order chi connectivity index (χ0) is 7.41. The normalized spacial score (nSPS) is 59.7. The van der Waals surface area contributed by atoms with Gasteiger partial charge in [0.1, 0.15) is 3.61 Å². The Labute approximate surface area is 74.1 Å². The Morgan fingerprint density at radius 1 is 1.60 bits per heavy atom. The molecule has 58 valence electrons. The van der Waals surface area contributed by atoms with Crippen molar-refractivity contribution in [1.82, 2.24) is 0 Å². The minimum Gasteiger partial charge on any atom is -0.390 e. The fourth-order valence-corrected chi connectivity index (χ4v) is 3.95. The lowest BCUT2D eigenvalue weighted by Crippen LogP contribution is -2.61. The van der Waals surface area contributed by atoms with Crippen molar-refractivity contribution in [1.29, 1.82) is 0 Å². The Bertz CT molecular complexity index is 136. The van der Waals surface area contributed by atoms with Gasteiger partial charge in [-0.1, -0.05) is 0 Å². The molecule has 3 aliphatic rings. The molecule has 2 saturated heterocycles. The minimum atomic E-state index is -0.376. The van der Waals surface area contributed by atoms with Gasteiger partial charge in [0, 0.05) is 19.3 Å². The van der Waals surface area contributed by atoms with Gasteiger partial charge in [0.2, 0.25) is 0 Å². The molecule has 0 aromatic heterocycles. The molecule has 0 radical (unpaired) electrons. The van der Waals surface area contributed by atoms with Crippen LogP contribution in [0.2, 0.25) is 0 Å². The molecule has 0 spiro atoms. The number of hydrogen-bond acceptors (Lipinski definition) is 2. The number of hydrogen-bond donors (Lipinski definition) is 1. The molecule has 0 aromatic carbocycles. The summed E-state index contributed by atoms with van der Waals surface area (Å²) in [4.78, 5) is 0. The van der Waals surface area contributed by atoms with Crippen LogP contribution in [0.15, 0.2) is 0 Å². The van der Waals surface area contributed by atoms with Crippen LogP contribution in [0.4, 0.5) is 0 Å². The van der Waals surface area contributed by atoms with E-state index in [-0.39, 0.29) is 15.3 Å². The van der Waals surface area contributed by atoms with E-state index in [4.69, 9.17) is 4.74 Å². The van der Waals surface area contributed by atoms with E-state index in [2.05, 4.69) is 22.6 Å². The van der Waals surface area contributed by atoms with Crippen molar-refractivity contribution in [3.8, 4) is 0 Å². The first-order chi connectivity index (χ1) is 4.52. The van der Waals surface area contributed by atoms with Crippen molar-refractivity contribution >= 4 is 22.6 Å². The second-order valence-electron chi connectivity index (χ2n) is 3.59. The monoisotopic (exact) mass is 254 g/mol. The minimum absolute atomic E-state index is 0.0236. The smallest absolute Gasteiger partial charge is 0.125 e. The first-order valence-electron chi connectivity index (χ1n) is 3.61. The Kier molecular flexibility index (Phi) is 1.37. The van der Waals surface area contributed by atoms with Gasteiger partial charge in [0.15, 0.2) is 0 Å². The summed E-state index contributed by atoms with van der Waals surface area (Å²) in [5, 5.41) is 9.69. The van der Waals surface area contributed by atoms with Gasteiger partial charge in [0.05, 0.1) is 11.7 Å². The number of aliphatic hydroxyl groups is 1. The second kappa shape index (κ2) is 1.87. The van der Waals surface area contributed by atoms with Gasteiger partial charge >= 0.3 is 0 Å². The summed E-state index contributed by atoms with van der Waals surface area (Å²) >= 11 is 2.30. The standard InChI is InChI=1S/C7H11IO2/c1-5-2-6(9)3-7(8,4-6)10-5/h5,9H,2-4H2,1H3. The van der Waals surface area contributed by atoms with Gasteiger partial charge in [0.25, 0.3) is 0 Å². The van der Waals surface area contributed by atoms with Gasteiger partial charge in [-0.15, -0.1) is 0 Å². The SMILES string of the molecule is CC1CC2(O)CC(I)(C2)O1. The van der Waals surface area contributed by atoms with Crippen LogP contribution in [0, 0.1) is 0 Å². The van der Waals surface area contributed by atoms with Crippen molar-refractivity contribution in [2.75, 3.05) is 0 Å².